The molecule has 0 radical (unpaired) electrons. The van der Waals surface area contributed by atoms with Crippen molar-refractivity contribution in [3.8, 4) is 6.07 Å². The van der Waals surface area contributed by atoms with Crippen LogP contribution in [0.3, 0.4) is 0 Å². The highest BCUT2D eigenvalue weighted by Gasteiger charge is 2.20. The second kappa shape index (κ2) is 5.02. The van der Waals surface area contributed by atoms with Crippen molar-refractivity contribution in [1.29, 1.82) is 5.26 Å². The van der Waals surface area contributed by atoms with Crippen LogP contribution in [0.5, 0.6) is 0 Å². The third kappa shape index (κ3) is 2.35. The number of nitrogens with two attached hydrogens (primary N) is 1. The molecule has 1 aliphatic carbocycles. The molecule has 2 rings (SSSR count). The van der Waals surface area contributed by atoms with Crippen molar-refractivity contribution in [3.05, 3.63) is 11.6 Å². The van der Waals surface area contributed by atoms with Gasteiger partial charge in [0.1, 0.15) is 6.07 Å². The minimum atomic E-state index is 0.166. The van der Waals surface area contributed by atoms with Gasteiger partial charge in [0.25, 0.3) is 0 Å². The zero-order chi connectivity index (χ0) is 11.4. The first-order valence-corrected chi connectivity index (χ1v) is 5.97. The summed E-state index contributed by atoms with van der Waals surface area (Å²) in [7, 11) is 0. The molecule has 1 fully saturated rings. The summed E-state index contributed by atoms with van der Waals surface area (Å²) in [5, 5.41) is 8.78. The van der Waals surface area contributed by atoms with Crippen LogP contribution in [-0.4, -0.2) is 4.98 Å². The summed E-state index contributed by atoms with van der Waals surface area (Å²) in [5.74, 6) is 1.18. The molecule has 4 nitrogen and oxygen atoms in total. The van der Waals surface area contributed by atoms with Gasteiger partial charge in [-0.1, -0.05) is 32.1 Å². The van der Waals surface area contributed by atoms with Crippen LogP contribution in [0.15, 0.2) is 4.42 Å². The first kappa shape index (κ1) is 11.0. The largest absolute Gasteiger partial charge is 0.424 e. The van der Waals surface area contributed by atoms with Crippen LogP contribution < -0.4 is 5.73 Å². The van der Waals surface area contributed by atoms with Gasteiger partial charge in [-0.3, -0.25) is 0 Å². The Kier molecular flexibility index (Phi) is 3.45. The lowest BCUT2D eigenvalue weighted by Crippen LogP contribution is -2.02. The number of hydrogen-bond donors (Lipinski definition) is 1. The summed E-state index contributed by atoms with van der Waals surface area (Å²) in [6.07, 6.45) is 8.55. The average Bonchev–Trinajstić information content (AvgIpc) is 2.59. The Balaban J connectivity index is 2.11. The van der Waals surface area contributed by atoms with Gasteiger partial charge in [0.05, 0.1) is 0 Å². The van der Waals surface area contributed by atoms with E-state index in [1.165, 1.54) is 32.1 Å². The quantitative estimate of drug-likeness (QED) is 0.787. The summed E-state index contributed by atoms with van der Waals surface area (Å²) in [6, 6.07) is 1.95. The number of nitrogen functional groups attached to an aromatic ring is 1. The molecule has 86 valence electrons. The molecule has 0 amide bonds. The van der Waals surface area contributed by atoms with Gasteiger partial charge >= 0.3 is 0 Å². The second-order valence-corrected chi connectivity index (χ2v) is 4.42. The molecule has 0 aliphatic heterocycles. The molecule has 2 N–H and O–H groups in total. The van der Waals surface area contributed by atoms with E-state index in [0.717, 1.165) is 12.8 Å². The Hall–Kier alpha value is -1.50. The van der Waals surface area contributed by atoms with E-state index in [4.69, 9.17) is 15.4 Å². The number of rotatable bonds is 1. The first-order chi connectivity index (χ1) is 7.81. The van der Waals surface area contributed by atoms with Crippen LogP contribution in [0.2, 0.25) is 0 Å². The van der Waals surface area contributed by atoms with Gasteiger partial charge in [0, 0.05) is 5.92 Å². The van der Waals surface area contributed by atoms with Crippen molar-refractivity contribution in [3.63, 3.8) is 0 Å². The molecule has 0 spiro atoms. The van der Waals surface area contributed by atoms with Crippen molar-refractivity contribution in [2.45, 2.75) is 50.9 Å². The highest BCUT2D eigenvalue weighted by Crippen LogP contribution is 2.31. The van der Waals surface area contributed by atoms with Gasteiger partial charge < -0.3 is 10.2 Å². The zero-order valence-electron chi connectivity index (χ0n) is 9.41. The maximum Gasteiger partial charge on any atom is 0.229 e. The van der Waals surface area contributed by atoms with Crippen molar-refractivity contribution in [1.82, 2.24) is 4.98 Å². The van der Waals surface area contributed by atoms with Crippen LogP contribution in [0.4, 0.5) is 5.88 Å². The third-order valence-corrected chi connectivity index (χ3v) is 3.23. The summed E-state index contributed by atoms with van der Waals surface area (Å²) >= 11 is 0. The normalized spacial score (nSPS) is 18.7. The monoisotopic (exact) mass is 219 g/mol. The van der Waals surface area contributed by atoms with Crippen molar-refractivity contribution >= 4 is 5.88 Å². The first-order valence-electron chi connectivity index (χ1n) is 5.97. The van der Waals surface area contributed by atoms with Crippen molar-refractivity contribution < 1.29 is 4.42 Å². The third-order valence-electron chi connectivity index (χ3n) is 3.23. The van der Waals surface area contributed by atoms with Gasteiger partial charge in [-0.2, -0.15) is 5.26 Å². The average molecular weight is 219 g/mol. The Morgan fingerprint density at radius 1 is 1.19 bits per heavy atom. The van der Waals surface area contributed by atoms with Gasteiger partial charge in [-0.15, -0.1) is 0 Å². The van der Waals surface area contributed by atoms with Crippen LogP contribution >= 0.6 is 0 Å². The lowest BCUT2D eigenvalue weighted by molar-refractivity contribution is 0.382. The topological polar surface area (TPSA) is 75.8 Å². The van der Waals surface area contributed by atoms with Gasteiger partial charge in [0.15, 0.2) is 0 Å². The van der Waals surface area contributed by atoms with Gasteiger partial charge in [-0.05, 0) is 12.8 Å². The Morgan fingerprint density at radius 2 is 1.81 bits per heavy atom. The van der Waals surface area contributed by atoms with Crippen LogP contribution in [-0.2, 0) is 0 Å². The molecule has 0 bridgehead atoms. The molecule has 4 heteroatoms. The second-order valence-electron chi connectivity index (χ2n) is 4.42. The Bertz CT molecular complexity index is 383. The molecule has 1 aromatic heterocycles. The minimum Gasteiger partial charge on any atom is -0.424 e. The molecular weight excluding hydrogens is 202 g/mol. The fourth-order valence-electron chi connectivity index (χ4n) is 2.31. The Labute approximate surface area is 95.5 Å². The molecule has 1 aromatic rings. The SMILES string of the molecule is N#Cc1nc(C2CCCCCCC2)oc1N. The molecule has 16 heavy (non-hydrogen) atoms. The van der Waals surface area contributed by atoms with Crippen molar-refractivity contribution in [2.24, 2.45) is 0 Å². The number of nitrogens with zero attached hydrogens (tertiary/aromatic N) is 2. The van der Waals surface area contributed by atoms with Gasteiger partial charge in [-0.25, -0.2) is 4.98 Å². The van der Waals surface area contributed by atoms with E-state index in [2.05, 4.69) is 4.98 Å². The Morgan fingerprint density at radius 3 is 2.38 bits per heavy atom. The van der Waals surface area contributed by atoms with E-state index in [1.807, 2.05) is 6.07 Å². The summed E-state index contributed by atoms with van der Waals surface area (Å²) in [6.45, 7) is 0. The van der Waals surface area contributed by atoms with Crippen LogP contribution in [0.1, 0.15) is 62.4 Å². The highest BCUT2D eigenvalue weighted by molar-refractivity contribution is 5.40. The molecule has 1 heterocycles. The molecule has 0 aromatic carbocycles. The predicted octanol–water partition coefficient (Wildman–Crippen LogP) is 2.96. The van der Waals surface area contributed by atoms with Gasteiger partial charge in [0.2, 0.25) is 17.5 Å². The van der Waals surface area contributed by atoms with E-state index >= 15 is 0 Å². The van der Waals surface area contributed by atoms with E-state index < -0.39 is 0 Å². The van der Waals surface area contributed by atoms with Crippen LogP contribution in [0, 0.1) is 11.3 Å². The lowest BCUT2D eigenvalue weighted by atomic mass is 9.91. The van der Waals surface area contributed by atoms with E-state index in [-0.39, 0.29) is 11.6 Å². The predicted molar refractivity (Wildman–Crippen MR) is 60.7 cm³/mol. The number of nitriles is 1. The molecule has 0 atom stereocenters. The van der Waals surface area contributed by atoms with E-state index in [0.29, 0.717) is 11.8 Å². The number of hydrogen-bond acceptors (Lipinski definition) is 4. The summed E-state index contributed by atoms with van der Waals surface area (Å²) in [5.41, 5.74) is 5.81. The molecule has 1 aliphatic rings. The number of oxazole rings is 1. The van der Waals surface area contributed by atoms with Crippen LogP contribution in [0.25, 0.3) is 0 Å². The minimum absolute atomic E-state index is 0.166. The fraction of sp³-hybridized carbons (Fsp3) is 0.667. The summed E-state index contributed by atoms with van der Waals surface area (Å²) in [4.78, 5) is 4.17. The van der Waals surface area contributed by atoms with E-state index in [1.54, 1.807) is 0 Å². The molecule has 1 saturated carbocycles. The number of aromatic nitrogens is 1. The molecular formula is C12H17N3O. The fourth-order valence-corrected chi connectivity index (χ4v) is 2.31. The lowest BCUT2D eigenvalue weighted by Gasteiger charge is -2.16. The van der Waals surface area contributed by atoms with E-state index in [9.17, 15) is 0 Å². The number of anilines is 1. The standard InChI is InChI=1S/C12H17N3O/c13-8-10-11(14)16-12(15-10)9-6-4-2-1-3-5-7-9/h9H,1-7,14H2. The maximum absolute atomic E-state index is 8.78. The molecule has 0 unspecified atom stereocenters. The molecule has 0 saturated heterocycles. The van der Waals surface area contributed by atoms with Crippen molar-refractivity contribution in [2.75, 3.05) is 5.73 Å². The highest BCUT2D eigenvalue weighted by atomic mass is 16.4. The smallest absolute Gasteiger partial charge is 0.229 e. The summed E-state index contributed by atoms with van der Waals surface area (Å²) < 4.78 is 5.39. The zero-order valence-corrected chi connectivity index (χ0v) is 9.41. The maximum atomic E-state index is 8.78.